The Hall–Kier alpha value is -1.34. The summed E-state index contributed by atoms with van der Waals surface area (Å²) in [7, 11) is 1.69. The lowest BCUT2D eigenvalue weighted by Crippen LogP contribution is -2.38. The van der Waals surface area contributed by atoms with E-state index in [0.717, 1.165) is 88.8 Å². The van der Waals surface area contributed by atoms with Gasteiger partial charge in [0.05, 0.1) is 26.4 Å². The number of aliphatic hydroxyl groups excluding tert-OH is 1. The first-order valence-electron chi connectivity index (χ1n) is 9.75. The van der Waals surface area contributed by atoms with Crippen molar-refractivity contribution in [3.8, 4) is 11.5 Å². The minimum Gasteiger partial charge on any atom is -0.493 e. The average molecular weight is 364 g/mol. The molecule has 0 aromatic heterocycles. The van der Waals surface area contributed by atoms with Crippen LogP contribution in [0.5, 0.6) is 11.5 Å². The number of likely N-dealkylation sites (tertiary alicyclic amines) is 1. The van der Waals surface area contributed by atoms with Crippen LogP contribution in [0.4, 0.5) is 0 Å². The van der Waals surface area contributed by atoms with Gasteiger partial charge in [-0.15, -0.1) is 0 Å². The van der Waals surface area contributed by atoms with Crippen molar-refractivity contribution in [3.05, 3.63) is 23.8 Å². The second kappa shape index (κ2) is 10.1. The van der Waals surface area contributed by atoms with E-state index in [0.29, 0.717) is 6.61 Å². The summed E-state index contributed by atoms with van der Waals surface area (Å²) in [5, 5.41) is 9.86. The average Bonchev–Trinajstić information content (AvgIpc) is 2.88. The first-order valence-corrected chi connectivity index (χ1v) is 9.75. The summed E-state index contributed by atoms with van der Waals surface area (Å²) < 4.78 is 17.1. The topological polar surface area (TPSA) is 54.4 Å². The smallest absolute Gasteiger partial charge is 0.165 e. The van der Waals surface area contributed by atoms with E-state index in [1.165, 1.54) is 0 Å². The van der Waals surface area contributed by atoms with Crippen LogP contribution in [0.3, 0.4) is 0 Å². The van der Waals surface area contributed by atoms with E-state index in [2.05, 4.69) is 15.9 Å². The van der Waals surface area contributed by atoms with Crippen LogP contribution in [-0.4, -0.2) is 80.7 Å². The number of aliphatic hydroxyl groups is 1. The zero-order valence-electron chi connectivity index (χ0n) is 15.9. The van der Waals surface area contributed by atoms with Gasteiger partial charge in [0.1, 0.15) is 6.61 Å². The maximum atomic E-state index is 9.86. The molecule has 1 atom stereocenters. The molecule has 0 amide bonds. The van der Waals surface area contributed by atoms with Gasteiger partial charge >= 0.3 is 0 Å². The second-order valence-corrected chi connectivity index (χ2v) is 7.11. The minimum atomic E-state index is -0.158. The van der Waals surface area contributed by atoms with E-state index in [1.54, 1.807) is 7.11 Å². The van der Waals surface area contributed by atoms with Gasteiger partial charge in [0, 0.05) is 38.3 Å². The lowest BCUT2D eigenvalue weighted by Gasteiger charge is -2.27. The van der Waals surface area contributed by atoms with Crippen molar-refractivity contribution in [1.82, 2.24) is 9.80 Å². The van der Waals surface area contributed by atoms with Gasteiger partial charge in [0.15, 0.2) is 11.5 Å². The molecule has 6 nitrogen and oxygen atoms in total. The number of ether oxygens (including phenoxy) is 3. The molecular formula is C20H32N2O4. The van der Waals surface area contributed by atoms with E-state index in [9.17, 15) is 5.11 Å². The van der Waals surface area contributed by atoms with Gasteiger partial charge in [-0.25, -0.2) is 0 Å². The van der Waals surface area contributed by atoms with Gasteiger partial charge in [-0.1, -0.05) is 12.1 Å². The molecule has 6 heteroatoms. The number of para-hydroxylation sites is 1. The van der Waals surface area contributed by atoms with Gasteiger partial charge in [0.2, 0.25) is 0 Å². The van der Waals surface area contributed by atoms with Crippen LogP contribution in [-0.2, 0) is 11.3 Å². The third-order valence-electron chi connectivity index (χ3n) is 5.22. The van der Waals surface area contributed by atoms with Crippen molar-refractivity contribution >= 4 is 0 Å². The van der Waals surface area contributed by atoms with E-state index >= 15 is 0 Å². The number of methoxy groups -OCH3 is 1. The molecule has 1 aromatic rings. The molecule has 2 heterocycles. The van der Waals surface area contributed by atoms with Crippen LogP contribution >= 0.6 is 0 Å². The Morgan fingerprint density at radius 1 is 1.12 bits per heavy atom. The first kappa shape index (κ1) is 19.4. The van der Waals surface area contributed by atoms with E-state index < -0.39 is 0 Å². The van der Waals surface area contributed by atoms with Crippen LogP contribution in [0.25, 0.3) is 0 Å². The molecule has 0 bridgehead atoms. The monoisotopic (exact) mass is 364 g/mol. The highest BCUT2D eigenvalue weighted by Crippen LogP contribution is 2.32. The molecule has 0 unspecified atom stereocenters. The standard InChI is InChI=1S/C20H32N2O4/c1-24-19-6-2-4-17(16-22-8-3-5-18(23)7-9-22)20(19)26-15-12-21-10-13-25-14-11-21/h2,4,6,18,23H,3,5,7-16H2,1H3/t18-/m0/s1. The lowest BCUT2D eigenvalue weighted by molar-refractivity contribution is 0.0320. The molecule has 3 rings (SSSR count). The molecule has 26 heavy (non-hydrogen) atoms. The van der Waals surface area contributed by atoms with Crippen molar-refractivity contribution in [3.63, 3.8) is 0 Å². The summed E-state index contributed by atoms with van der Waals surface area (Å²) in [6, 6.07) is 6.10. The van der Waals surface area contributed by atoms with Crippen molar-refractivity contribution in [2.75, 3.05) is 59.7 Å². The molecular weight excluding hydrogens is 332 g/mol. The zero-order chi connectivity index (χ0) is 18.2. The summed E-state index contributed by atoms with van der Waals surface area (Å²) in [4.78, 5) is 4.77. The van der Waals surface area contributed by atoms with E-state index in [-0.39, 0.29) is 6.10 Å². The molecule has 1 N–H and O–H groups in total. The molecule has 2 saturated heterocycles. The predicted octanol–water partition coefficient (Wildman–Crippen LogP) is 1.75. The third kappa shape index (κ3) is 5.58. The minimum absolute atomic E-state index is 0.158. The quantitative estimate of drug-likeness (QED) is 0.796. The second-order valence-electron chi connectivity index (χ2n) is 7.11. The fourth-order valence-corrected chi connectivity index (χ4v) is 3.65. The van der Waals surface area contributed by atoms with Crippen molar-refractivity contribution in [2.45, 2.75) is 31.9 Å². The molecule has 1 aromatic carbocycles. The fraction of sp³-hybridized carbons (Fsp3) is 0.700. The van der Waals surface area contributed by atoms with Crippen molar-refractivity contribution < 1.29 is 19.3 Å². The molecule has 0 aliphatic carbocycles. The molecule has 0 saturated carbocycles. The molecule has 2 aliphatic heterocycles. The Kier molecular flexibility index (Phi) is 7.55. The van der Waals surface area contributed by atoms with Crippen molar-refractivity contribution in [1.29, 1.82) is 0 Å². The highest BCUT2D eigenvalue weighted by molar-refractivity contribution is 5.46. The van der Waals surface area contributed by atoms with Crippen LogP contribution in [0.1, 0.15) is 24.8 Å². The number of hydrogen-bond acceptors (Lipinski definition) is 6. The Morgan fingerprint density at radius 2 is 1.96 bits per heavy atom. The largest absolute Gasteiger partial charge is 0.493 e. The van der Waals surface area contributed by atoms with E-state index in [4.69, 9.17) is 14.2 Å². The molecule has 146 valence electrons. The number of hydrogen-bond donors (Lipinski definition) is 1. The highest BCUT2D eigenvalue weighted by atomic mass is 16.5. The summed E-state index contributed by atoms with van der Waals surface area (Å²) in [5.74, 6) is 1.65. The maximum absolute atomic E-state index is 9.86. The molecule has 2 aliphatic rings. The highest BCUT2D eigenvalue weighted by Gasteiger charge is 2.18. The summed E-state index contributed by atoms with van der Waals surface area (Å²) in [6.45, 7) is 7.87. The third-order valence-corrected chi connectivity index (χ3v) is 5.22. The van der Waals surface area contributed by atoms with Gasteiger partial charge < -0.3 is 19.3 Å². The Balaban J connectivity index is 1.61. The van der Waals surface area contributed by atoms with Crippen LogP contribution < -0.4 is 9.47 Å². The van der Waals surface area contributed by atoms with Crippen LogP contribution in [0.15, 0.2) is 18.2 Å². The van der Waals surface area contributed by atoms with Gasteiger partial charge in [0.25, 0.3) is 0 Å². The summed E-state index contributed by atoms with van der Waals surface area (Å²) >= 11 is 0. The number of benzene rings is 1. The Labute approximate surface area is 156 Å². The maximum Gasteiger partial charge on any atom is 0.165 e. The van der Waals surface area contributed by atoms with Crippen molar-refractivity contribution in [2.24, 2.45) is 0 Å². The summed E-state index contributed by atoms with van der Waals surface area (Å²) in [6.07, 6.45) is 2.63. The first-order chi connectivity index (χ1) is 12.8. The summed E-state index contributed by atoms with van der Waals surface area (Å²) in [5.41, 5.74) is 1.16. The number of morpholine rings is 1. The Bertz CT molecular complexity index is 549. The predicted molar refractivity (Wildman–Crippen MR) is 101 cm³/mol. The SMILES string of the molecule is COc1cccc(CN2CCC[C@H](O)CC2)c1OCCN1CCOCC1. The zero-order valence-corrected chi connectivity index (χ0v) is 15.9. The molecule has 0 radical (unpaired) electrons. The number of nitrogens with zero attached hydrogens (tertiary/aromatic N) is 2. The van der Waals surface area contributed by atoms with Gasteiger partial charge in [-0.2, -0.15) is 0 Å². The normalized spacial score (nSPS) is 22.8. The van der Waals surface area contributed by atoms with Gasteiger partial charge in [-0.3, -0.25) is 9.80 Å². The van der Waals surface area contributed by atoms with Crippen LogP contribution in [0.2, 0.25) is 0 Å². The molecule has 0 spiro atoms. The molecule has 2 fully saturated rings. The number of rotatable bonds is 7. The Morgan fingerprint density at radius 3 is 2.77 bits per heavy atom. The van der Waals surface area contributed by atoms with Gasteiger partial charge in [-0.05, 0) is 31.9 Å². The fourth-order valence-electron chi connectivity index (χ4n) is 3.65. The lowest BCUT2D eigenvalue weighted by atomic mass is 10.1. The van der Waals surface area contributed by atoms with E-state index in [1.807, 2.05) is 12.1 Å². The van der Waals surface area contributed by atoms with Crippen LogP contribution in [0, 0.1) is 0 Å².